The lowest BCUT2D eigenvalue weighted by Gasteiger charge is -2.14. The highest BCUT2D eigenvalue weighted by molar-refractivity contribution is 5.93. The molecular formula is C13H15N5O2. The average molecular weight is 273 g/mol. The van der Waals surface area contributed by atoms with Crippen LogP contribution in [0.15, 0.2) is 36.7 Å². The lowest BCUT2D eigenvalue weighted by Crippen LogP contribution is -2.26. The van der Waals surface area contributed by atoms with Crippen LogP contribution in [-0.2, 0) is 0 Å². The zero-order valence-corrected chi connectivity index (χ0v) is 10.9. The normalized spacial score (nSPS) is 11.7. The van der Waals surface area contributed by atoms with E-state index >= 15 is 0 Å². The second-order valence-corrected chi connectivity index (χ2v) is 4.29. The number of aromatic amines is 1. The number of primary amides is 1. The van der Waals surface area contributed by atoms with Crippen LogP contribution in [0.2, 0.25) is 0 Å². The molecule has 0 fully saturated rings. The fourth-order valence-electron chi connectivity index (χ4n) is 1.74. The van der Waals surface area contributed by atoms with Gasteiger partial charge in [0.1, 0.15) is 0 Å². The number of urea groups is 1. The van der Waals surface area contributed by atoms with Crippen LogP contribution in [0.3, 0.4) is 0 Å². The van der Waals surface area contributed by atoms with E-state index in [9.17, 15) is 9.59 Å². The maximum absolute atomic E-state index is 11.9. The summed E-state index contributed by atoms with van der Waals surface area (Å²) in [5.74, 6) is -0.203. The second kappa shape index (κ2) is 5.87. The summed E-state index contributed by atoms with van der Waals surface area (Å²) in [4.78, 5) is 22.6. The summed E-state index contributed by atoms with van der Waals surface area (Å²) in [5.41, 5.74) is 7.02. The Labute approximate surface area is 115 Å². The topological polar surface area (TPSA) is 113 Å². The number of carbonyl (C=O) groups is 2. The molecule has 0 aliphatic rings. The van der Waals surface area contributed by atoms with Gasteiger partial charge in [0.15, 0.2) is 0 Å². The van der Waals surface area contributed by atoms with E-state index in [0.717, 1.165) is 5.56 Å². The van der Waals surface area contributed by atoms with Crippen molar-refractivity contribution in [2.24, 2.45) is 5.73 Å². The van der Waals surface area contributed by atoms with E-state index < -0.39 is 6.03 Å². The van der Waals surface area contributed by atoms with Crippen LogP contribution in [0.5, 0.6) is 0 Å². The number of amides is 3. The minimum Gasteiger partial charge on any atom is -0.351 e. The molecule has 1 aromatic carbocycles. The summed E-state index contributed by atoms with van der Waals surface area (Å²) in [6.45, 7) is 1.87. The summed E-state index contributed by atoms with van der Waals surface area (Å²) >= 11 is 0. The van der Waals surface area contributed by atoms with Gasteiger partial charge in [-0.3, -0.25) is 9.89 Å². The third-order valence-electron chi connectivity index (χ3n) is 2.79. The highest BCUT2D eigenvalue weighted by atomic mass is 16.2. The average Bonchev–Trinajstić information content (AvgIpc) is 2.92. The van der Waals surface area contributed by atoms with Crippen LogP contribution in [0.4, 0.5) is 10.5 Å². The zero-order chi connectivity index (χ0) is 14.5. The number of benzene rings is 1. The smallest absolute Gasteiger partial charge is 0.316 e. The number of rotatable bonds is 4. The van der Waals surface area contributed by atoms with E-state index in [1.54, 1.807) is 12.1 Å². The number of nitrogens with two attached hydrogens (primary N) is 1. The molecule has 2 rings (SSSR count). The molecule has 1 atom stereocenters. The van der Waals surface area contributed by atoms with E-state index in [1.807, 2.05) is 19.1 Å². The number of aromatic nitrogens is 2. The summed E-state index contributed by atoms with van der Waals surface area (Å²) in [6, 6.07) is 6.29. The molecule has 104 valence electrons. The highest BCUT2D eigenvalue weighted by Crippen LogP contribution is 2.16. The van der Waals surface area contributed by atoms with Crippen molar-refractivity contribution >= 4 is 17.6 Å². The van der Waals surface area contributed by atoms with E-state index in [1.165, 1.54) is 12.4 Å². The van der Waals surface area contributed by atoms with Crippen LogP contribution >= 0.6 is 0 Å². The number of carbonyl (C=O) groups excluding carboxylic acids is 2. The summed E-state index contributed by atoms with van der Waals surface area (Å²) in [7, 11) is 0. The number of nitrogens with zero attached hydrogens (tertiary/aromatic N) is 1. The number of nitrogens with one attached hydrogen (secondary N) is 3. The first-order valence-electron chi connectivity index (χ1n) is 6.02. The van der Waals surface area contributed by atoms with Crippen molar-refractivity contribution in [2.75, 3.05) is 5.32 Å². The Bertz CT molecular complexity index is 592. The lowest BCUT2D eigenvalue weighted by molar-refractivity contribution is 0.0940. The monoisotopic (exact) mass is 273 g/mol. The Morgan fingerprint density at radius 1 is 1.30 bits per heavy atom. The van der Waals surface area contributed by atoms with Gasteiger partial charge in [0.2, 0.25) is 0 Å². The molecule has 5 N–H and O–H groups in total. The summed E-state index contributed by atoms with van der Waals surface area (Å²) in [5, 5.41) is 11.6. The van der Waals surface area contributed by atoms with Crippen molar-refractivity contribution in [1.29, 1.82) is 0 Å². The van der Waals surface area contributed by atoms with Gasteiger partial charge in [0, 0.05) is 11.9 Å². The molecule has 1 unspecified atom stereocenters. The van der Waals surface area contributed by atoms with Crippen LogP contribution in [0, 0.1) is 0 Å². The highest BCUT2D eigenvalue weighted by Gasteiger charge is 2.12. The maximum atomic E-state index is 11.9. The molecule has 1 aromatic heterocycles. The molecule has 20 heavy (non-hydrogen) atoms. The van der Waals surface area contributed by atoms with Gasteiger partial charge in [-0.1, -0.05) is 12.1 Å². The molecule has 0 saturated heterocycles. The van der Waals surface area contributed by atoms with Crippen LogP contribution in [0.25, 0.3) is 0 Å². The number of hydrogen-bond donors (Lipinski definition) is 4. The number of anilines is 1. The van der Waals surface area contributed by atoms with Gasteiger partial charge >= 0.3 is 6.03 Å². The van der Waals surface area contributed by atoms with Gasteiger partial charge in [-0.05, 0) is 24.6 Å². The lowest BCUT2D eigenvalue weighted by atomic mass is 10.1. The predicted molar refractivity (Wildman–Crippen MR) is 74.1 cm³/mol. The molecule has 7 nitrogen and oxygen atoms in total. The van der Waals surface area contributed by atoms with Crippen molar-refractivity contribution in [2.45, 2.75) is 13.0 Å². The molecule has 0 aliphatic carbocycles. The third kappa shape index (κ3) is 3.35. The molecular weight excluding hydrogens is 258 g/mol. The molecule has 7 heteroatoms. The molecule has 0 spiro atoms. The predicted octanol–water partition coefficient (Wildman–Crippen LogP) is 1.39. The fourth-order valence-corrected chi connectivity index (χ4v) is 1.74. The van der Waals surface area contributed by atoms with Crippen molar-refractivity contribution in [3.05, 3.63) is 47.8 Å². The minimum atomic E-state index is -0.612. The first kappa shape index (κ1) is 13.6. The first-order valence-corrected chi connectivity index (χ1v) is 6.02. The van der Waals surface area contributed by atoms with Gasteiger partial charge < -0.3 is 16.4 Å². The molecule has 1 heterocycles. The molecule has 2 aromatic rings. The summed E-state index contributed by atoms with van der Waals surface area (Å²) < 4.78 is 0. The number of hydrogen-bond acceptors (Lipinski definition) is 3. The van der Waals surface area contributed by atoms with Gasteiger partial charge in [-0.15, -0.1) is 0 Å². The third-order valence-corrected chi connectivity index (χ3v) is 2.79. The minimum absolute atomic E-state index is 0.167. The van der Waals surface area contributed by atoms with Crippen LogP contribution < -0.4 is 16.4 Å². The number of H-pyrrole nitrogens is 1. The Hall–Kier alpha value is -2.83. The van der Waals surface area contributed by atoms with Crippen molar-refractivity contribution in [1.82, 2.24) is 15.5 Å². The molecule has 3 amide bonds. The molecule has 0 saturated carbocycles. The standard InChI is InChI=1S/C13H15N5O2/c1-8(17-12(19)10-6-15-16-7-10)9-2-4-11(5-3-9)18-13(14)20/h2-8H,1H3,(H,15,16)(H,17,19)(H3,14,18,20). The van der Waals surface area contributed by atoms with E-state index in [0.29, 0.717) is 11.3 Å². The molecule has 0 bridgehead atoms. The Morgan fingerprint density at radius 3 is 2.55 bits per heavy atom. The van der Waals surface area contributed by atoms with Gasteiger partial charge in [-0.2, -0.15) is 5.10 Å². The first-order chi connectivity index (χ1) is 9.56. The largest absolute Gasteiger partial charge is 0.351 e. The Balaban J connectivity index is 2.00. The van der Waals surface area contributed by atoms with Crippen molar-refractivity contribution in [3.63, 3.8) is 0 Å². The van der Waals surface area contributed by atoms with Gasteiger partial charge in [0.05, 0.1) is 17.8 Å². The fraction of sp³-hybridized carbons (Fsp3) is 0.154. The van der Waals surface area contributed by atoms with E-state index in [2.05, 4.69) is 20.8 Å². The van der Waals surface area contributed by atoms with Gasteiger partial charge in [0.25, 0.3) is 5.91 Å². The van der Waals surface area contributed by atoms with E-state index in [4.69, 9.17) is 5.73 Å². The van der Waals surface area contributed by atoms with E-state index in [-0.39, 0.29) is 11.9 Å². The SMILES string of the molecule is CC(NC(=O)c1cn[nH]c1)c1ccc(NC(N)=O)cc1. The van der Waals surface area contributed by atoms with Crippen LogP contribution in [-0.4, -0.2) is 22.1 Å². The molecule has 0 radical (unpaired) electrons. The summed E-state index contributed by atoms with van der Waals surface area (Å²) in [6.07, 6.45) is 2.99. The van der Waals surface area contributed by atoms with Gasteiger partial charge in [-0.25, -0.2) is 4.79 Å². The Morgan fingerprint density at radius 2 is 2.00 bits per heavy atom. The van der Waals surface area contributed by atoms with Crippen LogP contribution in [0.1, 0.15) is 28.9 Å². The zero-order valence-electron chi connectivity index (χ0n) is 10.9. The quantitative estimate of drug-likeness (QED) is 0.675. The maximum Gasteiger partial charge on any atom is 0.316 e. The molecule has 0 aliphatic heterocycles. The second-order valence-electron chi connectivity index (χ2n) is 4.29. The van der Waals surface area contributed by atoms with Crippen molar-refractivity contribution in [3.8, 4) is 0 Å². The Kier molecular flexibility index (Phi) is 3.99. The van der Waals surface area contributed by atoms with Crippen molar-refractivity contribution < 1.29 is 9.59 Å².